The molecule has 0 saturated heterocycles. The smallest absolute Gasteiger partial charge is 0.0104 e. The number of unbranched alkanes of at least 4 members (excludes halogenated alkanes) is 6. The second-order valence-electron chi connectivity index (χ2n) is 6.87. The highest BCUT2D eigenvalue weighted by Crippen LogP contribution is 2.23. The molecule has 0 aliphatic heterocycles. The van der Waals surface area contributed by atoms with E-state index in [0.717, 1.165) is 6.04 Å². The zero-order chi connectivity index (χ0) is 15.2. The van der Waals surface area contributed by atoms with Crippen molar-refractivity contribution in [2.75, 3.05) is 6.54 Å². The minimum absolute atomic E-state index is 0.741. The molecule has 0 aromatic heterocycles. The molecule has 1 atom stereocenters. The van der Waals surface area contributed by atoms with Crippen molar-refractivity contribution in [3.8, 4) is 0 Å². The van der Waals surface area contributed by atoms with Gasteiger partial charge in [-0.05, 0) is 51.5 Å². The Labute approximate surface area is 134 Å². The minimum atomic E-state index is 0.741. The highest BCUT2D eigenvalue weighted by atomic mass is 14.9. The van der Waals surface area contributed by atoms with Gasteiger partial charge in [-0.3, -0.25) is 0 Å². The van der Waals surface area contributed by atoms with Crippen molar-refractivity contribution < 1.29 is 0 Å². The minimum Gasteiger partial charge on any atom is -0.314 e. The van der Waals surface area contributed by atoms with Crippen molar-refractivity contribution >= 4 is 0 Å². The molecule has 0 heterocycles. The van der Waals surface area contributed by atoms with E-state index in [-0.39, 0.29) is 0 Å². The highest BCUT2D eigenvalue weighted by Gasteiger charge is 2.12. The second-order valence-corrected chi connectivity index (χ2v) is 6.87. The molecule has 1 heteroatoms. The van der Waals surface area contributed by atoms with Crippen molar-refractivity contribution in [2.45, 2.75) is 110 Å². The zero-order valence-corrected chi connectivity index (χ0v) is 14.8. The van der Waals surface area contributed by atoms with Gasteiger partial charge in [0.2, 0.25) is 0 Å². The molecule has 124 valence electrons. The van der Waals surface area contributed by atoms with Crippen LogP contribution < -0.4 is 5.32 Å². The van der Waals surface area contributed by atoms with E-state index in [0.29, 0.717) is 0 Å². The Kier molecular flexibility index (Phi) is 11.9. The molecular weight excluding hydrogens is 254 g/mol. The van der Waals surface area contributed by atoms with Crippen molar-refractivity contribution in [1.29, 1.82) is 0 Å². The summed E-state index contributed by atoms with van der Waals surface area (Å²) in [5.41, 5.74) is 1.73. The van der Waals surface area contributed by atoms with Gasteiger partial charge in [0, 0.05) is 6.04 Å². The molecule has 0 radical (unpaired) electrons. The van der Waals surface area contributed by atoms with Crippen LogP contribution in [0.1, 0.15) is 104 Å². The fourth-order valence-electron chi connectivity index (χ4n) is 3.38. The molecule has 0 spiro atoms. The van der Waals surface area contributed by atoms with E-state index in [1.54, 1.807) is 5.57 Å². The lowest BCUT2D eigenvalue weighted by atomic mass is 9.92. The maximum Gasteiger partial charge on any atom is 0.0104 e. The summed E-state index contributed by atoms with van der Waals surface area (Å²) >= 11 is 0. The van der Waals surface area contributed by atoms with Gasteiger partial charge in [0.05, 0.1) is 0 Å². The summed E-state index contributed by atoms with van der Waals surface area (Å²) in [6.07, 6.45) is 22.0. The molecule has 0 aromatic carbocycles. The monoisotopic (exact) mass is 293 g/mol. The molecule has 0 bridgehead atoms. The van der Waals surface area contributed by atoms with Crippen LogP contribution in [0.5, 0.6) is 0 Å². The van der Waals surface area contributed by atoms with Gasteiger partial charge < -0.3 is 5.32 Å². The molecule has 21 heavy (non-hydrogen) atoms. The van der Waals surface area contributed by atoms with E-state index in [1.807, 2.05) is 0 Å². The third-order valence-corrected chi connectivity index (χ3v) is 4.73. The fraction of sp³-hybridized carbons (Fsp3) is 0.900. The summed E-state index contributed by atoms with van der Waals surface area (Å²) < 4.78 is 0. The van der Waals surface area contributed by atoms with Gasteiger partial charge in [-0.25, -0.2) is 0 Å². The van der Waals surface area contributed by atoms with Crippen LogP contribution in [0.4, 0.5) is 0 Å². The number of allylic oxidation sites excluding steroid dienone is 1. The number of nitrogens with one attached hydrogen (secondary N) is 1. The van der Waals surface area contributed by atoms with Gasteiger partial charge in [0.1, 0.15) is 0 Å². The van der Waals surface area contributed by atoms with E-state index in [1.165, 1.54) is 96.4 Å². The van der Waals surface area contributed by atoms with Crippen LogP contribution in [0.2, 0.25) is 0 Å². The molecule has 0 fully saturated rings. The molecule has 1 unspecified atom stereocenters. The molecule has 1 N–H and O–H groups in total. The Morgan fingerprint density at radius 2 is 1.71 bits per heavy atom. The Hall–Kier alpha value is -0.300. The highest BCUT2D eigenvalue weighted by molar-refractivity contribution is 5.07. The number of hydrogen-bond donors (Lipinski definition) is 1. The molecule has 1 aliphatic rings. The van der Waals surface area contributed by atoms with Crippen LogP contribution in [0.3, 0.4) is 0 Å². The SMILES string of the molecule is CCCCCCCCCC(CC1=CCCCC1)NCCC. The molecule has 0 aromatic rings. The van der Waals surface area contributed by atoms with Gasteiger partial charge in [-0.15, -0.1) is 0 Å². The van der Waals surface area contributed by atoms with E-state index >= 15 is 0 Å². The van der Waals surface area contributed by atoms with Crippen LogP contribution in [0, 0.1) is 0 Å². The Bertz CT molecular complexity index is 257. The van der Waals surface area contributed by atoms with Crippen molar-refractivity contribution in [3.63, 3.8) is 0 Å². The van der Waals surface area contributed by atoms with E-state index in [4.69, 9.17) is 0 Å². The third kappa shape index (κ3) is 10.1. The first-order valence-corrected chi connectivity index (χ1v) is 9.78. The maximum atomic E-state index is 3.79. The topological polar surface area (TPSA) is 12.0 Å². The normalized spacial score (nSPS) is 16.8. The standard InChI is InChI=1S/C20H39N/c1-3-5-6-7-8-9-13-16-20(21-17-4-2)18-19-14-11-10-12-15-19/h14,20-21H,3-13,15-18H2,1-2H3. The first-order chi connectivity index (χ1) is 10.4. The van der Waals surface area contributed by atoms with Gasteiger partial charge in [0.25, 0.3) is 0 Å². The summed E-state index contributed by atoms with van der Waals surface area (Å²) in [7, 11) is 0. The molecule has 1 nitrogen and oxygen atoms in total. The van der Waals surface area contributed by atoms with Crippen molar-refractivity contribution in [2.24, 2.45) is 0 Å². The predicted molar refractivity (Wildman–Crippen MR) is 95.9 cm³/mol. The molecular formula is C20H39N. The molecule has 0 amide bonds. The number of hydrogen-bond acceptors (Lipinski definition) is 1. The van der Waals surface area contributed by atoms with Crippen LogP contribution in [0.25, 0.3) is 0 Å². The summed E-state index contributed by atoms with van der Waals surface area (Å²) in [4.78, 5) is 0. The van der Waals surface area contributed by atoms with Crippen LogP contribution in [-0.4, -0.2) is 12.6 Å². The van der Waals surface area contributed by atoms with Gasteiger partial charge in [-0.1, -0.05) is 70.4 Å². The van der Waals surface area contributed by atoms with Gasteiger partial charge >= 0.3 is 0 Å². The molecule has 1 rings (SSSR count). The van der Waals surface area contributed by atoms with Crippen LogP contribution in [-0.2, 0) is 0 Å². The van der Waals surface area contributed by atoms with Crippen LogP contribution >= 0.6 is 0 Å². The Morgan fingerprint density at radius 1 is 0.952 bits per heavy atom. The second kappa shape index (κ2) is 13.4. The lowest BCUT2D eigenvalue weighted by Crippen LogP contribution is -2.30. The lowest BCUT2D eigenvalue weighted by Gasteiger charge is -2.22. The fourth-order valence-corrected chi connectivity index (χ4v) is 3.38. The van der Waals surface area contributed by atoms with Crippen molar-refractivity contribution in [1.82, 2.24) is 5.32 Å². The summed E-state index contributed by atoms with van der Waals surface area (Å²) in [5, 5.41) is 3.79. The molecule has 0 saturated carbocycles. The van der Waals surface area contributed by atoms with Gasteiger partial charge in [-0.2, -0.15) is 0 Å². The van der Waals surface area contributed by atoms with Gasteiger partial charge in [0.15, 0.2) is 0 Å². The Balaban J connectivity index is 2.15. The Morgan fingerprint density at radius 3 is 2.38 bits per heavy atom. The zero-order valence-electron chi connectivity index (χ0n) is 14.8. The first kappa shape index (κ1) is 18.7. The molecule has 1 aliphatic carbocycles. The van der Waals surface area contributed by atoms with Crippen molar-refractivity contribution in [3.05, 3.63) is 11.6 Å². The summed E-state index contributed by atoms with van der Waals surface area (Å²) in [6.45, 7) is 5.76. The van der Waals surface area contributed by atoms with Crippen LogP contribution in [0.15, 0.2) is 11.6 Å². The van der Waals surface area contributed by atoms with E-state index in [2.05, 4.69) is 25.2 Å². The van der Waals surface area contributed by atoms with E-state index < -0.39 is 0 Å². The maximum absolute atomic E-state index is 3.79. The largest absolute Gasteiger partial charge is 0.314 e. The van der Waals surface area contributed by atoms with E-state index in [9.17, 15) is 0 Å². The third-order valence-electron chi connectivity index (χ3n) is 4.73. The number of rotatable bonds is 13. The summed E-state index contributed by atoms with van der Waals surface area (Å²) in [5.74, 6) is 0. The quantitative estimate of drug-likeness (QED) is 0.306. The summed E-state index contributed by atoms with van der Waals surface area (Å²) in [6, 6.07) is 0.741. The lowest BCUT2D eigenvalue weighted by molar-refractivity contribution is 0.441. The average molecular weight is 294 g/mol. The average Bonchev–Trinajstić information content (AvgIpc) is 2.52. The predicted octanol–water partition coefficient (Wildman–Crippen LogP) is 6.39. The first-order valence-electron chi connectivity index (χ1n) is 9.78.